The number of rotatable bonds is 5. The van der Waals surface area contributed by atoms with E-state index in [1.165, 1.54) is 18.7 Å². The van der Waals surface area contributed by atoms with Crippen molar-refractivity contribution in [1.82, 2.24) is 5.32 Å². The van der Waals surface area contributed by atoms with E-state index in [-0.39, 0.29) is 7.92 Å². The van der Waals surface area contributed by atoms with Gasteiger partial charge in [0, 0.05) is 12.6 Å². The van der Waals surface area contributed by atoms with Crippen LogP contribution in [-0.4, -0.2) is 38.7 Å². The highest BCUT2D eigenvalue weighted by Gasteiger charge is 1.96. The summed E-state index contributed by atoms with van der Waals surface area (Å²) in [5.74, 6) is 0. The molecule has 1 nitrogen and oxygen atoms in total. The van der Waals surface area contributed by atoms with Crippen LogP contribution in [0.5, 0.6) is 0 Å². The highest BCUT2D eigenvalue weighted by molar-refractivity contribution is 7.57. The summed E-state index contributed by atoms with van der Waals surface area (Å²) < 4.78 is 0. The van der Waals surface area contributed by atoms with Crippen LogP contribution in [-0.2, 0) is 0 Å². The largest absolute Gasteiger partial charge is 0.309 e. The second kappa shape index (κ2) is 6.53. The lowest BCUT2D eigenvalue weighted by molar-refractivity contribution is 0.932. The molecule has 0 aromatic heterocycles. The first-order valence-corrected chi connectivity index (χ1v) is 8.29. The van der Waals surface area contributed by atoms with E-state index < -0.39 is 0 Å². The standard InChI is InChI=1S/C7H19NP2/c1-5-10(4)7-8-6-9(2)3/h8H,5-7H2,1-4H3. The first kappa shape index (κ1) is 10.8. The maximum atomic E-state index is 3.49. The summed E-state index contributed by atoms with van der Waals surface area (Å²) in [6.07, 6.45) is 3.85. The molecule has 0 aromatic rings. The topological polar surface area (TPSA) is 12.0 Å². The molecular formula is C7H19NP2. The van der Waals surface area contributed by atoms with Crippen molar-refractivity contribution in [1.29, 1.82) is 0 Å². The minimum atomic E-state index is 0.263. The van der Waals surface area contributed by atoms with Crippen LogP contribution in [0.4, 0.5) is 0 Å². The van der Waals surface area contributed by atoms with Gasteiger partial charge in [0.15, 0.2) is 0 Å². The van der Waals surface area contributed by atoms with Gasteiger partial charge in [0.1, 0.15) is 0 Å². The maximum absolute atomic E-state index is 3.49. The van der Waals surface area contributed by atoms with Gasteiger partial charge in [-0.3, -0.25) is 0 Å². The van der Waals surface area contributed by atoms with E-state index in [4.69, 9.17) is 0 Å². The van der Waals surface area contributed by atoms with Crippen molar-refractivity contribution in [2.75, 3.05) is 38.7 Å². The predicted molar refractivity (Wildman–Crippen MR) is 55.0 cm³/mol. The molecule has 0 saturated carbocycles. The highest BCUT2D eigenvalue weighted by Crippen LogP contribution is 2.28. The van der Waals surface area contributed by atoms with Crippen molar-refractivity contribution in [3.05, 3.63) is 0 Å². The van der Waals surface area contributed by atoms with Gasteiger partial charge in [-0.05, 0) is 26.2 Å². The van der Waals surface area contributed by atoms with E-state index in [1.807, 2.05) is 0 Å². The summed E-state index contributed by atoms with van der Waals surface area (Å²) in [6.45, 7) is 9.25. The van der Waals surface area contributed by atoms with Gasteiger partial charge in [0.25, 0.3) is 0 Å². The molecular weight excluding hydrogens is 160 g/mol. The van der Waals surface area contributed by atoms with Crippen molar-refractivity contribution in [3.63, 3.8) is 0 Å². The SMILES string of the molecule is CCP(C)CNCP(C)C. The number of nitrogens with one attached hydrogen (secondary N) is 1. The van der Waals surface area contributed by atoms with E-state index in [0.717, 1.165) is 0 Å². The fourth-order valence-corrected chi connectivity index (χ4v) is 2.03. The summed E-state index contributed by atoms with van der Waals surface area (Å²) in [7, 11) is 0.553. The summed E-state index contributed by atoms with van der Waals surface area (Å²) in [4.78, 5) is 0. The smallest absolute Gasteiger partial charge is 0.0156 e. The fourth-order valence-electron chi connectivity index (χ4n) is 0.576. The summed E-state index contributed by atoms with van der Waals surface area (Å²) in [5.41, 5.74) is 0. The average molecular weight is 179 g/mol. The van der Waals surface area contributed by atoms with Gasteiger partial charge in [-0.2, -0.15) is 0 Å². The molecule has 0 heterocycles. The molecule has 1 N–H and O–H groups in total. The van der Waals surface area contributed by atoms with Crippen molar-refractivity contribution < 1.29 is 0 Å². The molecule has 0 aliphatic heterocycles. The predicted octanol–water partition coefficient (Wildman–Crippen LogP) is 2.36. The molecule has 1 unspecified atom stereocenters. The molecule has 0 rings (SSSR count). The monoisotopic (exact) mass is 179 g/mol. The van der Waals surface area contributed by atoms with Crippen LogP contribution in [0.15, 0.2) is 0 Å². The van der Waals surface area contributed by atoms with Crippen LogP contribution in [0, 0.1) is 0 Å². The Bertz CT molecular complexity index is 76.0. The van der Waals surface area contributed by atoms with E-state index in [9.17, 15) is 0 Å². The molecule has 0 spiro atoms. The lowest BCUT2D eigenvalue weighted by Gasteiger charge is -2.12. The molecule has 0 bridgehead atoms. The Labute approximate surface area is 67.5 Å². The Morgan fingerprint density at radius 1 is 1.10 bits per heavy atom. The van der Waals surface area contributed by atoms with Gasteiger partial charge < -0.3 is 5.32 Å². The van der Waals surface area contributed by atoms with Crippen LogP contribution in [0.25, 0.3) is 0 Å². The maximum Gasteiger partial charge on any atom is 0.0156 e. The molecule has 0 fully saturated rings. The average Bonchev–Trinajstić information content (AvgIpc) is 1.87. The van der Waals surface area contributed by atoms with E-state index >= 15 is 0 Å². The fraction of sp³-hybridized carbons (Fsp3) is 1.00. The molecule has 0 saturated heterocycles. The number of hydrogen-bond donors (Lipinski definition) is 1. The van der Waals surface area contributed by atoms with Gasteiger partial charge in [-0.1, -0.05) is 22.8 Å². The van der Waals surface area contributed by atoms with Gasteiger partial charge in [0.2, 0.25) is 0 Å². The third-order valence-electron chi connectivity index (χ3n) is 1.35. The van der Waals surface area contributed by atoms with Crippen molar-refractivity contribution in [2.45, 2.75) is 6.92 Å². The summed E-state index contributed by atoms with van der Waals surface area (Å²) in [6, 6.07) is 0. The lowest BCUT2D eigenvalue weighted by Crippen LogP contribution is -2.14. The first-order chi connectivity index (χ1) is 4.66. The van der Waals surface area contributed by atoms with Crippen LogP contribution in [0.2, 0.25) is 0 Å². The molecule has 10 heavy (non-hydrogen) atoms. The molecule has 0 radical (unpaired) electrons. The second-order valence-corrected chi connectivity index (χ2v) is 7.95. The molecule has 0 aliphatic carbocycles. The van der Waals surface area contributed by atoms with Gasteiger partial charge >= 0.3 is 0 Å². The molecule has 62 valence electrons. The molecule has 0 aromatic carbocycles. The Hall–Kier alpha value is 0.820. The summed E-state index contributed by atoms with van der Waals surface area (Å²) in [5, 5.41) is 3.49. The van der Waals surface area contributed by atoms with Gasteiger partial charge in [-0.15, -0.1) is 0 Å². The van der Waals surface area contributed by atoms with Crippen LogP contribution in [0.3, 0.4) is 0 Å². The summed E-state index contributed by atoms with van der Waals surface area (Å²) >= 11 is 0. The minimum absolute atomic E-state index is 0.263. The lowest BCUT2D eigenvalue weighted by atomic mass is 11.0. The van der Waals surface area contributed by atoms with Crippen molar-refractivity contribution in [3.8, 4) is 0 Å². The Kier molecular flexibility index (Phi) is 7.06. The third-order valence-corrected chi connectivity index (χ3v) is 4.05. The molecule has 1 atom stereocenters. The van der Waals surface area contributed by atoms with Crippen LogP contribution < -0.4 is 5.32 Å². The van der Waals surface area contributed by atoms with Gasteiger partial charge in [-0.25, -0.2) is 0 Å². The number of hydrogen-bond acceptors (Lipinski definition) is 1. The highest BCUT2D eigenvalue weighted by atomic mass is 31.1. The molecule has 0 amide bonds. The normalized spacial score (nSPS) is 14.1. The third kappa shape index (κ3) is 6.93. The zero-order valence-corrected chi connectivity index (χ0v) is 9.30. The van der Waals surface area contributed by atoms with Gasteiger partial charge in [0.05, 0.1) is 0 Å². The first-order valence-electron chi connectivity index (χ1n) is 3.70. The molecule has 0 aliphatic rings. The zero-order chi connectivity index (χ0) is 7.98. The van der Waals surface area contributed by atoms with Crippen molar-refractivity contribution in [2.24, 2.45) is 0 Å². The van der Waals surface area contributed by atoms with E-state index in [1.54, 1.807) is 0 Å². The Morgan fingerprint density at radius 2 is 1.70 bits per heavy atom. The second-order valence-electron chi connectivity index (χ2n) is 2.82. The Balaban J connectivity index is 3.03. The van der Waals surface area contributed by atoms with Crippen LogP contribution in [0.1, 0.15) is 6.92 Å². The Morgan fingerprint density at radius 3 is 2.10 bits per heavy atom. The quantitative estimate of drug-likeness (QED) is 0.639. The van der Waals surface area contributed by atoms with E-state index in [0.29, 0.717) is 7.92 Å². The minimum Gasteiger partial charge on any atom is -0.309 e. The van der Waals surface area contributed by atoms with E-state index in [2.05, 4.69) is 32.2 Å². The van der Waals surface area contributed by atoms with Crippen LogP contribution >= 0.6 is 15.8 Å². The van der Waals surface area contributed by atoms with Crippen molar-refractivity contribution >= 4 is 15.8 Å². The molecule has 3 heteroatoms. The zero-order valence-electron chi connectivity index (χ0n) is 7.52.